The van der Waals surface area contributed by atoms with Crippen molar-refractivity contribution in [1.29, 1.82) is 0 Å². The second-order valence-corrected chi connectivity index (χ2v) is 6.82. The van der Waals surface area contributed by atoms with E-state index in [9.17, 15) is 14.4 Å². The maximum Gasteiger partial charge on any atom is 0.338 e. The Bertz CT molecular complexity index is 848. The van der Waals surface area contributed by atoms with Crippen LogP contribution in [0.25, 0.3) is 0 Å². The third-order valence-corrected chi connectivity index (χ3v) is 4.53. The molecular weight excluding hydrogens is 378 g/mol. The standard InChI is InChI=1S/C21H23NO5S/c1-4-11-26-17-8-5-15(6-9-17)21(25)27-13-19(24)16-7-10-20(28-3)18(12-16)22-14(2)23/h5-10,12H,4,11,13H2,1-3H3,(H,22,23). The van der Waals surface area contributed by atoms with Gasteiger partial charge in [0.05, 0.1) is 17.9 Å². The number of carbonyl (C=O) groups is 3. The molecule has 28 heavy (non-hydrogen) atoms. The van der Waals surface area contributed by atoms with E-state index in [0.717, 1.165) is 11.3 Å². The van der Waals surface area contributed by atoms with E-state index in [0.29, 0.717) is 29.2 Å². The average Bonchev–Trinajstić information content (AvgIpc) is 2.70. The normalized spacial score (nSPS) is 10.2. The molecule has 2 rings (SSSR count). The number of esters is 1. The monoisotopic (exact) mass is 401 g/mol. The first-order valence-corrected chi connectivity index (χ1v) is 10.1. The number of thioether (sulfide) groups is 1. The summed E-state index contributed by atoms with van der Waals surface area (Å²) in [6, 6.07) is 11.6. The lowest BCUT2D eigenvalue weighted by atomic mass is 10.1. The SMILES string of the molecule is CCCOc1ccc(C(=O)OCC(=O)c2ccc(SC)c(NC(C)=O)c2)cc1. The van der Waals surface area contributed by atoms with Gasteiger partial charge in [0.1, 0.15) is 5.75 Å². The van der Waals surface area contributed by atoms with E-state index < -0.39 is 5.97 Å². The molecule has 6 nitrogen and oxygen atoms in total. The van der Waals surface area contributed by atoms with Crippen molar-refractivity contribution >= 4 is 35.1 Å². The first-order valence-electron chi connectivity index (χ1n) is 8.83. The fourth-order valence-electron chi connectivity index (χ4n) is 2.37. The quantitative estimate of drug-likeness (QED) is 0.385. The van der Waals surface area contributed by atoms with E-state index >= 15 is 0 Å². The summed E-state index contributed by atoms with van der Waals surface area (Å²) >= 11 is 1.46. The average molecular weight is 401 g/mol. The number of Topliss-reactive ketones (excluding diaryl/α,β-unsaturated/α-hetero) is 1. The number of amides is 1. The number of rotatable bonds is 9. The van der Waals surface area contributed by atoms with E-state index in [1.54, 1.807) is 42.5 Å². The van der Waals surface area contributed by atoms with Crippen LogP contribution in [0.4, 0.5) is 5.69 Å². The van der Waals surface area contributed by atoms with Crippen LogP contribution in [0, 0.1) is 0 Å². The number of anilines is 1. The maximum absolute atomic E-state index is 12.4. The summed E-state index contributed by atoms with van der Waals surface area (Å²) in [7, 11) is 0. The number of carbonyl (C=O) groups excluding carboxylic acids is 3. The third-order valence-electron chi connectivity index (χ3n) is 3.73. The summed E-state index contributed by atoms with van der Waals surface area (Å²) < 4.78 is 10.6. The van der Waals surface area contributed by atoms with Gasteiger partial charge in [-0.15, -0.1) is 11.8 Å². The Labute approximate surface area is 168 Å². The van der Waals surface area contributed by atoms with Crippen LogP contribution in [-0.2, 0) is 9.53 Å². The molecule has 1 N–H and O–H groups in total. The molecule has 0 aliphatic rings. The largest absolute Gasteiger partial charge is 0.494 e. The summed E-state index contributed by atoms with van der Waals surface area (Å²) in [4.78, 5) is 36.7. The van der Waals surface area contributed by atoms with Gasteiger partial charge < -0.3 is 14.8 Å². The Kier molecular flexibility index (Phi) is 8.07. The zero-order valence-corrected chi connectivity index (χ0v) is 16.9. The highest BCUT2D eigenvalue weighted by Crippen LogP contribution is 2.26. The minimum absolute atomic E-state index is 0.224. The highest BCUT2D eigenvalue weighted by molar-refractivity contribution is 7.98. The number of ether oxygens (including phenoxy) is 2. The van der Waals surface area contributed by atoms with Gasteiger partial charge in [-0.1, -0.05) is 13.0 Å². The molecule has 0 aliphatic heterocycles. The van der Waals surface area contributed by atoms with Crippen LogP contribution < -0.4 is 10.1 Å². The lowest BCUT2D eigenvalue weighted by molar-refractivity contribution is -0.114. The van der Waals surface area contributed by atoms with E-state index in [-0.39, 0.29) is 18.3 Å². The van der Waals surface area contributed by atoms with Crippen molar-refractivity contribution in [2.75, 3.05) is 24.8 Å². The first kappa shape index (κ1) is 21.5. The fourth-order valence-corrected chi connectivity index (χ4v) is 2.91. The number of ketones is 1. The van der Waals surface area contributed by atoms with Crippen LogP contribution in [0.2, 0.25) is 0 Å². The molecule has 0 radical (unpaired) electrons. The molecule has 2 aromatic carbocycles. The molecule has 0 aliphatic carbocycles. The zero-order chi connectivity index (χ0) is 20.5. The van der Waals surface area contributed by atoms with E-state index in [1.165, 1.54) is 18.7 Å². The van der Waals surface area contributed by atoms with Crippen molar-refractivity contribution in [1.82, 2.24) is 0 Å². The van der Waals surface area contributed by atoms with Gasteiger partial charge in [0, 0.05) is 17.4 Å². The topological polar surface area (TPSA) is 81.7 Å². The summed E-state index contributed by atoms with van der Waals surface area (Å²) in [6.07, 6.45) is 2.77. The highest BCUT2D eigenvalue weighted by atomic mass is 32.2. The number of nitrogens with one attached hydrogen (secondary N) is 1. The van der Waals surface area contributed by atoms with Crippen molar-refractivity contribution in [2.45, 2.75) is 25.2 Å². The molecule has 0 spiro atoms. The predicted molar refractivity (Wildman–Crippen MR) is 109 cm³/mol. The molecular formula is C21H23NO5S. The maximum atomic E-state index is 12.4. The minimum atomic E-state index is -0.585. The molecule has 0 aromatic heterocycles. The Morgan fingerprint density at radius 2 is 1.71 bits per heavy atom. The first-order chi connectivity index (χ1) is 13.4. The van der Waals surface area contributed by atoms with Crippen LogP contribution >= 0.6 is 11.8 Å². The predicted octanol–water partition coefficient (Wildman–Crippen LogP) is 4.20. The van der Waals surface area contributed by atoms with Crippen LogP contribution in [0.1, 0.15) is 41.0 Å². The molecule has 2 aromatic rings. The lowest BCUT2D eigenvalue weighted by Gasteiger charge is -2.10. The van der Waals surface area contributed by atoms with Crippen molar-refractivity contribution in [2.24, 2.45) is 0 Å². The lowest BCUT2D eigenvalue weighted by Crippen LogP contribution is -2.15. The van der Waals surface area contributed by atoms with Gasteiger partial charge in [0.15, 0.2) is 12.4 Å². The number of hydrogen-bond acceptors (Lipinski definition) is 6. The van der Waals surface area contributed by atoms with E-state index in [4.69, 9.17) is 9.47 Å². The van der Waals surface area contributed by atoms with Crippen molar-refractivity contribution < 1.29 is 23.9 Å². The highest BCUT2D eigenvalue weighted by Gasteiger charge is 2.14. The summed E-state index contributed by atoms with van der Waals surface area (Å²) in [5.41, 5.74) is 1.26. The van der Waals surface area contributed by atoms with E-state index in [2.05, 4.69) is 5.32 Å². The Morgan fingerprint density at radius 1 is 1.04 bits per heavy atom. The van der Waals surface area contributed by atoms with Crippen LogP contribution in [-0.4, -0.2) is 37.1 Å². The molecule has 1 amide bonds. The molecule has 0 heterocycles. The van der Waals surface area contributed by atoms with E-state index in [1.807, 2.05) is 13.2 Å². The van der Waals surface area contributed by atoms with Crippen molar-refractivity contribution in [3.63, 3.8) is 0 Å². The molecule has 0 saturated heterocycles. The molecule has 148 valence electrons. The van der Waals surface area contributed by atoms with Crippen molar-refractivity contribution in [3.05, 3.63) is 53.6 Å². The summed E-state index contributed by atoms with van der Waals surface area (Å²) in [6.45, 7) is 3.63. The molecule has 7 heteroatoms. The second-order valence-electron chi connectivity index (χ2n) is 5.97. The van der Waals surface area contributed by atoms with Gasteiger partial charge in [-0.05, 0) is 49.1 Å². The van der Waals surface area contributed by atoms with Crippen LogP contribution in [0.15, 0.2) is 47.4 Å². The number of benzene rings is 2. The van der Waals surface area contributed by atoms with Gasteiger partial charge in [-0.25, -0.2) is 4.79 Å². The van der Waals surface area contributed by atoms with Gasteiger partial charge in [-0.2, -0.15) is 0 Å². The Morgan fingerprint density at radius 3 is 2.32 bits per heavy atom. The fraction of sp³-hybridized carbons (Fsp3) is 0.286. The second kappa shape index (κ2) is 10.5. The Balaban J connectivity index is 1.99. The van der Waals surface area contributed by atoms with Crippen molar-refractivity contribution in [3.8, 4) is 5.75 Å². The Hall–Kier alpha value is -2.80. The smallest absolute Gasteiger partial charge is 0.338 e. The van der Waals surface area contributed by atoms with Gasteiger partial charge in [-0.3, -0.25) is 9.59 Å². The van der Waals surface area contributed by atoms with Gasteiger partial charge >= 0.3 is 5.97 Å². The summed E-state index contributed by atoms with van der Waals surface area (Å²) in [5.74, 6) is -0.486. The minimum Gasteiger partial charge on any atom is -0.494 e. The third kappa shape index (κ3) is 6.13. The van der Waals surface area contributed by atoms with Crippen LogP contribution in [0.5, 0.6) is 5.75 Å². The zero-order valence-electron chi connectivity index (χ0n) is 16.1. The molecule has 0 fully saturated rings. The van der Waals surface area contributed by atoms with Crippen LogP contribution in [0.3, 0.4) is 0 Å². The molecule has 0 saturated carbocycles. The molecule has 0 atom stereocenters. The van der Waals surface area contributed by atoms with Gasteiger partial charge in [0.2, 0.25) is 5.91 Å². The number of hydrogen-bond donors (Lipinski definition) is 1. The van der Waals surface area contributed by atoms with Gasteiger partial charge in [0.25, 0.3) is 0 Å². The summed E-state index contributed by atoms with van der Waals surface area (Å²) in [5, 5.41) is 2.70. The molecule has 0 unspecified atom stereocenters. The molecule has 0 bridgehead atoms.